The van der Waals surface area contributed by atoms with Gasteiger partial charge in [-0.15, -0.1) is 20.4 Å². The van der Waals surface area contributed by atoms with E-state index in [1.165, 1.54) is 22.3 Å². The second-order valence-electron chi connectivity index (χ2n) is 6.07. The third kappa shape index (κ3) is 3.07. The highest BCUT2D eigenvalue weighted by atomic mass is 32.2. The maximum Gasteiger partial charge on any atom is 0.200 e. The lowest BCUT2D eigenvalue weighted by Crippen LogP contribution is -2.01. The van der Waals surface area contributed by atoms with Gasteiger partial charge in [0.2, 0.25) is 0 Å². The van der Waals surface area contributed by atoms with Crippen molar-refractivity contribution in [2.75, 3.05) is 0 Å². The molecule has 8 nitrogen and oxygen atoms in total. The van der Waals surface area contributed by atoms with Gasteiger partial charge in [-0.25, -0.2) is 4.39 Å². The molecule has 4 heterocycles. The van der Waals surface area contributed by atoms with Crippen LogP contribution in [0.15, 0.2) is 69.4 Å². The second-order valence-corrected chi connectivity index (χ2v) is 7.06. The van der Waals surface area contributed by atoms with Crippen LogP contribution in [0.1, 0.15) is 6.92 Å². The summed E-state index contributed by atoms with van der Waals surface area (Å²) in [6.45, 7) is 2.67. The highest BCUT2D eigenvalue weighted by Crippen LogP contribution is 2.29. The average molecular weight is 407 g/mol. The molecule has 5 rings (SSSR count). The predicted octanol–water partition coefficient (Wildman–Crippen LogP) is 3.95. The van der Waals surface area contributed by atoms with Crippen LogP contribution in [0.3, 0.4) is 0 Å². The number of halogens is 1. The Bertz CT molecular complexity index is 1300. The summed E-state index contributed by atoms with van der Waals surface area (Å²) in [4.78, 5) is 0. The van der Waals surface area contributed by atoms with Gasteiger partial charge in [-0.05, 0) is 55.1 Å². The molecule has 0 radical (unpaired) electrons. The summed E-state index contributed by atoms with van der Waals surface area (Å²) in [6, 6.07) is 13.7. The molecule has 0 saturated heterocycles. The Morgan fingerprint density at radius 2 is 1.83 bits per heavy atom. The molecule has 4 aromatic heterocycles. The van der Waals surface area contributed by atoms with Crippen LogP contribution in [-0.2, 0) is 6.54 Å². The lowest BCUT2D eigenvalue weighted by atomic mass is 10.2. The SMILES string of the molecule is CCn1c(Sc2ccc3nnc(-c4ccccc4F)n3n2)nnc1-c1ccco1. The predicted molar refractivity (Wildman–Crippen MR) is 104 cm³/mol. The van der Waals surface area contributed by atoms with Gasteiger partial charge in [-0.3, -0.25) is 4.57 Å². The maximum absolute atomic E-state index is 14.2. The van der Waals surface area contributed by atoms with Crippen molar-refractivity contribution in [2.24, 2.45) is 0 Å². The zero-order chi connectivity index (χ0) is 19.8. The molecule has 1 aromatic carbocycles. The molecule has 0 amide bonds. The van der Waals surface area contributed by atoms with Crippen LogP contribution in [-0.4, -0.2) is 34.6 Å². The number of rotatable bonds is 5. The van der Waals surface area contributed by atoms with Gasteiger partial charge in [-0.1, -0.05) is 12.1 Å². The molecule has 0 spiro atoms. The Morgan fingerprint density at radius 1 is 0.966 bits per heavy atom. The summed E-state index contributed by atoms with van der Waals surface area (Å²) in [5, 5.41) is 22.6. The lowest BCUT2D eigenvalue weighted by molar-refractivity contribution is 0.567. The van der Waals surface area contributed by atoms with Crippen molar-refractivity contribution in [3.8, 4) is 23.0 Å². The van der Waals surface area contributed by atoms with Gasteiger partial charge in [0.25, 0.3) is 0 Å². The maximum atomic E-state index is 14.2. The van der Waals surface area contributed by atoms with E-state index in [2.05, 4.69) is 25.5 Å². The Kier molecular flexibility index (Phi) is 4.32. The molecule has 0 aliphatic carbocycles. The first-order chi connectivity index (χ1) is 14.2. The van der Waals surface area contributed by atoms with Crippen LogP contribution < -0.4 is 0 Å². The van der Waals surface area contributed by atoms with Crippen molar-refractivity contribution < 1.29 is 8.81 Å². The minimum absolute atomic E-state index is 0.339. The minimum Gasteiger partial charge on any atom is -0.461 e. The standard InChI is InChI=1S/C19H14FN7OS/c1-2-26-18(14-8-5-11-28-14)23-24-19(26)29-16-10-9-15-21-22-17(27(15)25-16)12-6-3-4-7-13(12)20/h3-11H,2H2,1H3. The molecule has 0 bridgehead atoms. The van der Waals surface area contributed by atoms with Crippen molar-refractivity contribution in [3.05, 3.63) is 60.6 Å². The van der Waals surface area contributed by atoms with Gasteiger partial charge < -0.3 is 4.42 Å². The van der Waals surface area contributed by atoms with E-state index in [4.69, 9.17) is 4.42 Å². The van der Waals surface area contributed by atoms with Crippen LogP contribution in [0.2, 0.25) is 0 Å². The molecule has 5 aromatic rings. The summed E-state index contributed by atoms with van der Waals surface area (Å²) < 4.78 is 23.1. The molecule has 0 fully saturated rings. The van der Waals surface area contributed by atoms with E-state index in [9.17, 15) is 4.39 Å². The topological polar surface area (TPSA) is 86.9 Å². The van der Waals surface area contributed by atoms with Crippen molar-refractivity contribution >= 4 is 17.4 Å². The zero-order valence-corrected chi connectivity index (χ0v) is 16.0. The highest BCUT2D eigenvalue weighted by molar-refractivity contribution is 7.99. The van der Waals surface area contributed by atoms with Crippen molar-refractivity contribution in [2.45, 2.75) is 23.7 Å². The average Bonchev–Trinajstić information content (AvgIpc) is 3.47. The number of hydrogen-bond acceptors (Lipinski definition) is 7. The molecular formula is C19H14FN7OS. The zero-order valence-electron chi connectivity index (χ0n) is 15.2. The van der Waals surface area contributed by atoms with Gasteiger partial charge in [0.15, 0.2) is 28.2 Å². The van der Waals surface area contributed by atoms with Crippen LogP contribution in [0, 0.1) is 5.82 Å². The summed E-state index contributed by atoms with van der Waals surface area (Å²) in [5.41, 5.74) is 0.868. The summed E-state index contributed by atoms with van der Waals surface area (Å²) in [5.74, 6) is 1.26. The first-order valence-corrected chi connectivity index (χ1v) is 9.68. The Morgan fingerprint density at radius 3 is 2.62 bits per heavy atom. The molecule has 144 valence electrons. The monoisotopic (exact) mass is 407 g/mol. The largest absolute Gasteiger partial charge is 0.461 e. The minimum atomic E-state index is -0.379. The van der Waals surface area contributed by atoms with Crippen molar-refractivity contribution in [1.82, 2.24) is 34.6 Å². The van der Waals surface area contributed by atoms with Gasteiger partial charge in [0.05, 0.1) is 11.8 Å². The van der Waals surface area contributed by atoms with Gasteiger partial charge in [0, 0.05) is 6.54 Å². The van der Waals surface area contributed by atoms with E-state index in [1.54, 1.807) is 30.5 Å². The molecule has 0 aliphatic heterocycles. The van der Waals surface area contributed by atoms with Crippen LogP contribution in [0.4, 0.5) is 4.39 Å². The van der Waals surface area contributed by atoms with Crippen LogP contribution >= 0.6 is 11.8 Å². The number of hydrogen-bond donors (Lipinski definition) is 0. The van der Waals surface area contributed by atoms with E-state index in [-0.39, 0.29) is 5.82 Å². The Labute approximate surface area is 168 Å². The molecule has 0 N–H and O–H groups in total. The summed E-state index contributed by atoms with van der Waals surface area (Å²) in [6.07, 6.45) is 1.60. The Hall–Kier alpha value is -3.53. The molecule has 0 atom stereocenters. The quantitative estimate of drug-likeness (QED) is 0.436. The van der Waals surface area contributed by atoms with E-state index in [0.29, 0.717) is 45.3 Å². The first-order valence-electron chi connectivity index (χ1n) is 8.87. The normalized spacial score (nSPS) is 11.4. The lowest BCUT2D eigenvalue weighted by Gasteiger charge is -2.06. The highest BCUT2D eigenvalue weighted by Gasteiger charge is 2.18. The van der Waals surface area contributed by atoms with Crippen LogP contribution in [0.5, 0.6) is 0 Å². The first kappa shape index (κ1) is 17.6. The fourth-order valence-corrected chi connectivity index (χ4v) is 3.82. The molecule has 0 saturated carbocycles. The van der Waals surface area contributed by atoms with Gasteiger partial charge in [-0.2, -0.15) is 9.61 Å². The third-order valence-electron chi connectivity index (χ3n) is 4.32. The number of fused-ring (bicyclic) bond motifs is 1. The smallest absolute Gasteiger partial charge is 0.200 e. The van der Waals surface area contributed by atoms with Gasteiger partial charge in [0.1, 0.15) is 10.8 Å². The molecule has 29 heavy (non-hydrogen) atoms. The fraction of sp³-hybridized carbons (Fsp3) is 0.105. The number of aromatic nitrogens is 7. The molecular weight excluding hydrogens is 393 g/mol. The van der Waals surface area contributed by atoms with Crippen molar-refractivity contribution in [3.63, 3.8) is 0 Å². The number of benzene rings is 1. The van der Waals surface area contributed by atoms with E-state index < -0.39 is 0 Å². The van der Waals surface area contributed by atoms with E-state index in [1.807, 2.05) is 29.7 Å². The summed E-state index contributed by atoms with van der Waals surface area (Å²) in [7, 11) is 0. The van der Waals surface area contributed by atoms with E-state index in [0.717, 1.165) is 0 Å². The molecule has 0 unspecified atom stereocenters. The second kappa shape index (κ2) is 7.13. The molecule has 10 heteroatoms. The van der Waals surface area contributed by atoms with Crippen molar-refractivity contribution in [1.29, 1.82) is 0 Å². The number of furan rings is 1. The fourth-order valence-electron chi connectivity index (χ4n) is 2.97. The van der Waals surface area contributed by atoms with Gasteiger partial charge >= 0.3 is 0 Å². The molecule has 0 aliphatic rings. The third-order valence-corrected chi connectivity index (χ3v) is 5.24. The Balaban J connectivity index is 1.54. The van der Waals surface area contributed by atoms with Crippen LogP contribution in [0.25, 0.3) is 28.6 Å². The van der Waals surface area contributed by atoms with E-state index >= 15 is 0 Å². The number of nitrogens with zero attached hydrogens (tertiary/aromatic N) is 7. The summed E-state index contributed by atoms with van der Waals surface area (Å²) >= 11 is 1.35.